The Morgan fingerprint density at radius 3 is 1.79 bits per heavy atom. The number of hydrogen-bond donors (Lipinski definition) is 2. The second kappa shape index (κ2) is 14.6. The van der Waals surface area contributed by atoms with E-state index in [1.807, 2.05) is 27.7 Å². The van der Waals surface area contributed by atoms with Gasteiger partial charge in [-0.3, -0.25) is 24.1 Å². The molecule has 10 nitrogen and oxygen atoms in total. The molecule has 196 valence electrons. The molecule has 0 aromatic rings. The van der Waals surface area contributed by atoms with E-state index in [2.05, 4.69) is 5.32 Å². The molecule has 3 N–H and O–H groups in total. The molecule has 0 aromatic heterocycles. The number of nitrogens with one attached hydrogen (secondary N) is 1. The Labute approximate surface area is 204 Å². The summed E-state index contributed by atoms with van der Waals surface area (Å²) in [6.07, 6.45) is 2.55. The first-order valence-corrected chi connectivity index (χ1v) is 12.1. The van der Waals surface area contributed by atoms with Crippen LogP contribution in [0.4, 0.5) is 4.79 Å². The fourth-order valence-electron chi connectivity index (χ4n) is 3.68. The summed E-state index contributed by atoms with van der Waals surface area (Å²) in [5, 5.41) is 2.72. The van der Waals surface area contributed by atoms with Crippen molar-refractivity contribution in [3.05, 3.63) is 0 Å². The monoisotopic (exact) mass is 483 g/mol. The van der Waals surface area contributed by atoms with Gasteiger partial charge in [-0.05, 0) is 31.1 Å². The minimum absolute atomic E-state index is 0.0802. The summed E-state index contributed by atoms with van der Waals surface area (Å²) in [4.78, 5) is 67.1. The quantitative estimate of drug-likeness (QED) is 0.413. The molecule has 34 heavy (non-hydrogen) atoms. The van der Waals surface area contributed by atoms with Crippen LogP contribution in [0.1, 0.15) is 73.6 Å². The van der Waals surface area contributed by atoms with Crippen molar-refractivity contribution in [2.75, 3.05) is 21.1 Å². The summed E-state index contributed by atoms with van der Waals surface area (Å²) in [5.74, 6) is -1.79. The van der Waals surface area contributed by atoms with E-state index in [4.69, 9.17) is 5.73 Å². The standard InChI is InChI=1S/C24H45N5O5/c1-10-12-17(27(7)19(30)13-11-2)22(32)28(8)18(14-15(3)4)21(31)26-20(16(5)6)23(33)29(9)24(25)34/h15-18,20H,10-14H2,1-9H3,(H2,25,34)(H,26,31)/t17-,18+,20+/m1/s1. The fraction of sp³-hybridized carbons (Fsp3) is 0.792. The van der Waals surface area contributed by atoms with Gasteiger partial charge in [-0.1, -0.05) is 48.0 Å². The summed E-state index contributed by atoms with van der Waals surface area (Å²) >= 11 is 0. The SMILES string of the molecule is CCCC(=O)N(C)[C@H](CCC)C(=O)N(C)[C@@H](CC(C)C)C(=O)N[C@H](C(=O)N(C)C(N)=O)C(C)C. The van der Waals surface area contributed by atoms with Crippen LogP contribution in [-0.2, 0) is 19.2 Å². The van der Waals surface area contributed by atoms with Crippen LogP contribution in [-0.4, -0.2) is 83.6 Å². The predicted octanol–water partition coefficient (Wildman–Crippen LogP) is 1.96. The molecule has 0 aliphatic rings. The number of carbonyl (C=O) groups is 5. The van der Waals surface area contributed by atoms with Crippen molar-refractivity contribution in [3.63, 3.8) is 0 Å². The van der Waals surface area contributed by atoms with Crippen LogP contribution >= 0.6 is 0 Å². The number of nitrogens with zero attached hydrogens (tertiary/aromatic N) is 3. The molecule has 0 saturated heterocycles. The van der Waals surface area contributed by atoms with Crippen molar-refractivity contribution < 1.29 is 24.0 Å². The van der Waals surface area contributed by atoms with Gasteiger partial charge in [0.2, 0.25) is 17.7 Å². The molecular weight excluding hydrogens is 438 g/mol. The van der Waals surface area contributed by atoms with Gasteiger partial charge < -0.3 is 20.9 Å². The van der Waals surface area contributed by atoms with Crippen molar-refractivity contribution in [1.82, 2.24) is 20.0 Å². The van der Waals surface area contributed by atoms with Gasteiger partial charge in [-0.15, -0.1) is 0 Å². The number of likely N-dealkylation sites (N-methyl/N-ethyl adjacent to an activating group) is 3. The van der Waals surface area contributed by atoms with E-state index in [9.17, 15) is 24.0 Å². The van der Waals surface area contributed by atoms with Crippen molar-refractivity contribution in [2.45, 2.75) is 91.8 Å². The van der Waals surface area contributed by atoms with Gasteiger partial charge in [-0.25, -0.2) is 4.79 Å². The molecule has 6 amide bonds. The van der Waals surface area contributed by atoms with Crippen molar-refractivity contribution >= 4 is 29.7 Å². The minimum atomic E-state index is -0.983. The molecule has 0 fully saturated rings. The molecule has 3 atom stereocenters. The first-order chi connectivity index (χ1) is 15.7. The molecule has 0 rings (SSSR count). The summed E-state index contributed by atoms with van der Waals surface area (Å²) in [6.45, 7) is 11.2. The maximum atomic E-state index is 13.5. The van der Waals surface area contributed by atoms with Crippen LogP contribution < -0.4 is 11.1 Å². The summed E-state index contributed by atoms with van der Waals surface area (Å²) in [5.41, 5.74) is 5.22. The topological polar surface area (TPSA) is 133 Å². The van der Waals surface area contributed by atoms with Crippen molar-refractivity contribution in [1.29, 1.82) is 0 Å². The average molecular weight is 484 g/mol. The molecule has 0 spiro atoms. The van der Waals surface area contributed by atoms with Crippen LogP contribution in [0.15, 0.2) is 0 Å². The van der Waals surface area contributed by atoms with Crippen LogP contribution in [0, 0.1) is 11.8 Å². The van der Waals surface area contributed by atoms with Crippen LogP contribution in [0.5, 0.6) is 0 Å². The van der Waals surface area contributed by atoms with E-state index >= 15 is 0 Å². The van der Waals surface area contributed by atoms with E-state index in [1.54, 1.807) is 27.9 Å². The number of hydrogen-bond acceptors (Lipinski definition) is 5. The molecule has 0 radical (unpaired) electrons. The Morgan fingerprint density at radius 1 is 0.824 bits per heavy atom. The zero-order valence-corrected chi connectivity index (χ0v) is 22.4. The third-order valence-electron chi connectivity index (χ3n) is 5.88. The van der Waals surface area contributed by atoms with E-state index in [0.717, 1.165) is 4.90 Å². The fourth-order valence-corrected chi connectivity index (χ4v) is 3.68. The highest BCUT2D eigenvalue weighted by molar-refractivity contribution is 5.99. The molecule has 0 saturated carbocycles. The molecule has 0 heterocycles. The largest absolute Gasteiger partial charge is 0.351 e. The zero-order chi connectivity index (χ0) is 26.7. The maximum Gasteiger partial charge on any atom is 0.321 e. The van der Waals surface area contributed by atoms with E-state index in [-0.39, 0.29) is 23.7 Å². The normalized spacial score (nSPS) is 13.7. The summed E-state index contributed by atoms with van der Waals surface area (Å²) in [6, 6.07) is -3.43. The first-order valence-electron chi connectivity index (χ1n) is 12.1. The number of urea groups is 1. The number of amides is 6. The molecule has 0 bridgehead atoms. The zero-order valence-electron chi connectivity index (χ0n) is 22.4. The average Bonchev–Trinajstić information content (AvgIpc) is 2.76. The highest BCUT2D eigenvalue weighted by Gasteiger charge is 2.37. The Balaban J connectivity index is 5.94. The minimum Gasteiger partial charge on any atom is -0.351 e. The highest BCUT2D eigenvalue weighted by atomic mass is 16.2. The summed E-state index contributed by atoms with van der Waals surface area (Å²) in [7, 11) is 4.43. The Kier molecular flexibility index (Phi) is 13.4. The second-order valence-corrected chi connectivity index (χ2v) is 9.62. The number of carbonyl (C=O) groups excluding carboxylic acids is 5. The van der Waals surface area contributed by atoms with Crippen LogP contribution in [0.25, 0.3) is 0 Å². The third-order valence-corrected chi connectivity index (χ3v) is 5.88. The number of imide groups is 1. The van der Waals surface area contributed by atoms with Gasteiger partial charge in [-0.2, -0.15) is 0 Å². The Bertz CT molecular complexity index is 725. The Hall–Kier alpha value is -2.65. The summed E-state index contributed by atoms with van der Waals surface area (Å²) < 4.78 is 0. The lowest BCUT2D eigenvalue weighted by Crippen LogP contribution is -2.59. The van der Waals surface area contributed by atoms with Gasteiger partial charge in [0.1, 0.15) is 18.1 Å². The molecule has 0 unspecified atom stereocenters. The van der Waals surface area contributed by atoms with Gasteiger partial charge in [0.05, 0.1) is 0 Å². The number of rotatable bonds is 13. The lowest BCUT2D eigenvalue weighted by Gasteiger charge is -2.36. The first kappa shape index (κ1) is 31.4. The van der Waals surface area contributed by atoms with Crippen LogP contribution in [0.2, 0.25) is 0 Å². The highest BCUT2D eigenvalue weighted by Crippen LogP contribution is 2.18. The smallest absolute Gasteiger partial charge is 0.321 e. The van der Waals surface area contributed by atoms with Crippen molar-refractivity contribution in [2.24, 2.45) is 17.6 Å². The lowest BCUT2D eigenvalue weighted by molar-refractivity contribution is -0.148. The molecule has 10 heteroatoms. The predicted molar refractivity (Wildman–Crippen MR) is 132 cm³/mol. The second-order valence-electron chi connectivity index (χ2n) is 9.62. The maximum absolute atomic E-state index is 13.5. The van der Waals surface area contributed by atoms with Crippen molar-refractivity contribution in [3.8, 4) is 0 Å². The van der Waals surface area contributed by atoms with Gasteiger partial charge in [0, 0.05) is 27.6 Å². The van der Waals surface area contributed by atoms with Gasteiger partial charge in [0.15, 0.2) is 0 Å². The molecule has 0 aliphatic heterocycles. The Morgan fingerprint density at radius 2 is 1.38 bits per heavy atom. The van der Waals surface area contributed by atoms with Gasteiger partial charge >= 0.3 is 6.03 Å². The molecule has 0 aliphatic carbocycles. The number of nitrogens with two attached hydrogens (primary N) is 1. The van der Waals surface area contributed by atoms with Gasteiger partial charge in [0.25, 0.3) is 5.91 Å². The van der Waals surface area contributed by atoms with Crippen LogP contribution in [0.3, 0.4) is 0 Å². The molecular formula is C24H45N5O5. The van der Waals surface area contributed by atoms with E-state index in [0.29, 0.717) is 32.1 Å². The number of primary amides is 1. The molecule has 0 aromatic carbocycles. The van der Waals surface area contributed by atoms with E-state index < -0.39 is 36.0 Å². The van der Waals surface area contributed by atoms with E-state index in [1.165, 1.54) is 16.8 Å². The lowest BCUT2D eigenvalue weighted by atomic mass is 9.98. The third kappa shape index (κ3) is 8.95.